The number of aryl methyl sites for hydroxylation is 1. The molecule has 0 saturated carbocycles. The molecule has 3 N–H and O–H groups in total. The lowest BCUT2D eigenvalue weighted by Crippen LogP contribution is -2.19. The van der Waals surface area contributed by atoms with Gasteiger partial charge in [-0.1, -0.05) is 27.5 Å². The number of carbonyl (C=O) groups excluding carboxylic acids is 1. The number of aromatic amines is 1. The number of aromatic nitrogens is 2. The van der Waals surface area contributed by atoms with Gasteiger partial charge in [-0.3, -0.25) is 10.4 Å². The van der Waals surface area contributed by atoms with Crippen LogP contribution in [0.1, 0.15) is 5.56 Å². The first-order valence-electron chi connectivity index (χ1n) is 5.09. The van der Waals surface area contributed by atoms with Gasteiger partial charge in [0, 0.05) is 10.5 Å². The van der Waals surface area contributed by atoms with E-state index in [9.17, 15) is 4.79 Å². The molecule has 0 spiro atoms. The van der Waals surface area contributed by atoms with Crippen LogP contribution < -0.4 is 10.6 Å². The van der Waals surface area contributed by atoms with Gasteiger partial charge in [0.25, 0.3) is 0 Å². The molecule has 0 aliphatic rings. The minimum absolute atomic E-state index is 0.392. The second-order valence-electron chi connectivity index (χ2n) is 3.63. The lowest BCUT2D eigenvalue weighted by molar-refractivity contribution is 0.262. The second-order valence-corrected chi connectivity index (χ2v) is 4.89. The molecule has 1 aromatic heterocycles. The summed E-state index contributed by atoms with van der Waals surface area (Å²) in [7, 11) is 0. The number of halogens is 2. The largest absolute Gasteiger partial charge is 0.324 e. The third-order valence-electron chi connectivity index (χ3n) is 2.25. The molecular formula is C11H10BrClN4O. The van der Waals surface area contributed by atoms with Gasteiger partial charge in [-0.05, 0) is 24.6 Å². The lowest BCUT2D eigenvalue weighted by Gasteiger charge is -2.09. The maximum absolute atomic E-state index is 11.7. The van der Waals surface area contributed by atoms with Crippen molar-refractivity contribution in [3.63, 3.8) is 0 Å². The Labute approximate surface area is 117 Å². The Morgan fingerprint density at radius 2 is 2.22 bits per heavy atom. The number of nitrogens with one attached hydrogen (secondary N) is 3. The minimum atomic E-state index is -0.392. The number of hydrogen-bond donors (Lipinski definition) is 3. The third-order valence-corrected chi connectivity index (χ3v) is 3.41. The van der Waals surface area contributed by atoms with Crippen molar-refractivity contribution in [2.75, 3.05) is 10.6 Å². The molecule has 0 saturated heterocycles. The van der Waals surface area contributed by atoms with E-state index in [0.717, 1.165) is 10.0 Å². The summed E-state index contributed by atoms with van der Waals surface area (Å²) in [6.45, 7) is 1.92. The standard InChI is InChI=1S/C11H10BrClN4O/c1-6-4-8(13)9(5-7(6)12)15-11(18)16-10-2-3-14-17-10/h2-5H,1H3,(H3,14,15,16,17,18). The summed E-state index contributed by atoms with van der Waals surface area (Å²) in [5, 5.41) is 12.1. The van der Waals surface area contributed by atoms with E-state index in [1.165, 1.54) is 0 Å². The van der Waals surface area contributed by atoms with E-state index in [0.29, 0.717) is 16.5 Å². The van der Waals surface area contributed by atoms with E-state index in [1.54, 1.807) is 24.4 Å². The van der Waals surface area contributed by atoms with Gasteiger partial charge in [-0.2, -0.15) is 5.10 Å². The van der Waals surface area contributed by atoms with Crippen molar-refractivity contribution in [2.45, 2.75) is 6.92 Å². The first-order valence-corrected chi connectivity index (χ1v) is 6.26. The van der Waals surface area contributed by atoms with Crippen molar-refractivity contribution < 1.29 is 4.79 Å². The number of anilines is 2. The number of rotatable bonds is 2. The molecule has 1 heterocycles. The van der Waals surface area contributed by atoms with Crippen LogP contribution in [0.5, 0.6) is 0 Å². The summed E-state index contributed by atoms with van der Waals surface area (Å²) in [5.74, 6) is 0.509. The monoisotopic (exact) mass is 328 g/mol. The molecule has 0 atom stereocenters. The summed E-state index contributed by atoms with van der Waals surface area (Å²) in [6.07, 6.45) is 1.55. The molecule has 0 aliphatic heterocycles. The fourth-order valence-electron chi connectivity index (χ4n) is 1.34. The van der Waals surface area contributed by atoms with Crippen LogP contribution in [0.2, 0.25) is 5.02 Å². The van der Waals surface area contributed by atoms with Gasteiger partial charge < -0.3 is 5.32 Å². The summed E-state index contributed by atoms with van der Waals surface area (Å²) in [5.41, 5.74) is 1.53. The van der Waals surface area contributed by atoms with Crippen LogP contribution in [0, 0.1) is 6.92 Å². The summed E-state index contributed by atoms with van der Waals surface area (Å²) >= 11 is 9.43. The molecule has 2 aromatic rings. The van der Waals surface area contributed by atoms with Crippen LogP contribution in [0.4, 0.5) is 16.3 Å². The van der Waals surface area contributed by atoms with E-state index in [-0.39, 0.29) is 0 Å². The van der Waals surface area contributed by atoms with Crippen molar-refractivity contribution in [1.82, 2.24) is 10.2 Å². The Morgan fingerprint density at radius 1 is 1.44 bits per heavy atom. The summed E-state index contributed by atoms with van der Waals surface area (Å²) in [6, 6.07) is 4.78. The SMILES string of the molecule is Cc1cc(Cl)c(NC(=O)Nc2ccn[nH]2)cc1Br. The van der Waals surface area contributed by atoms with E-state index < -0.39 is 6.03 Å². The average Bonchev–Trinajstić information content (AvgIpc) is 2.78. The number of hydrogen-bond acceptors (Lipinski definition) is 2. The van der Waals surface area contributed by atoms with Crippen molar-refractivity contribution >= 4 is 45.1 Å². The van der Waals surface area contributed by atoms with Crippen molar-refractivity contribution in [1.29, 1.82) is 0 Å². The lowest BCUT2D eigenvalue weighted by atomic mass is 10.2. The molecule has 18 heavy (non-hydrogen) atoms. The van der Waals surface area contributed by atoms with Crippen LogP contribution >= 0.6 is 27.5 Å². The number of nitrogens with zero attached hydrogens (tertiary/aromatic N) is 1. The highest BCUT2D eigenvalue weighted by Crippen LogP contribution is 2.29. The summed E-state index contributed by atoms with van der Waals surface area (Å²) in [4.78, 5) is 11.7. The summed E-state index contributed by atoms with van der Waals surface area (Å²) < 4.78 is 0.878. The molecule has 2 rings (SSSR count). The first-order chi connectivity index (χ1) is 8.56. The van der Waals surface area contributed by atoms with E-state index in [4.69, 9.17) is 11.6 Å². The van der Waals surface area contributed by atoms with E-state index >= 15 is 0 Å². The number of benzene rings is 1. The van der Waals surface area contributed by atoms with Crippen LogP contribution in [0.25, 0.3) is 0 Å². The third kappa shape index (κ3) is 3.02. The quantitative estimate of drug-likeness (QED) is 0.785. The Morgan fingerprint density at radius 3 is 2.89 bits per heavy atom. The topological polar surface area (TPSA) is 69.8 Å². The Bertz CT molecular complexity index is 571. The molecule has 0 bridgehead atoms. The zero-order chi connectivity index (χ0) is 13.1. The maximum Gasteiger partial charge on any atom is 0.324 e. The van der Waals surface area contributed by atoms with Crippen molar-refractivity contribution in [3.05, 3.63) is 39.5 Å². The van der Waals surface area contributed by atoms with Gasteiger partial charge in [-0.25, -0.2) is 4.79 Å². The van der Waals surface area contributed by atoms with Crippen LogP contribution in [-0.2, 0) is 0 Å². The highest BCUT2D eigenvalue weighted by molar-refractivity contribution is 9.10. The molecule has 0 radical (unpaired) electrons. The molecule has 5 nitrogen and oxygen atoms in total. The predicted octanol–water partition coefficient (Wildman–Crippen LogP) is 3.78. The maximum atomic E-state index is 11.7. The smallest absolute Gasteiger partial charge is 0.306 e. The molecule has 2 amide bonds. The number of carbonyl (C=O) groups is 1. The van der Waals surface area contributed by atoms with Crippen molar-refractivity contribution in [3.8, 4) is 0 Å². The predicted molar refractivity (Wildman–Crippen MR) is 75.1 cm³/mol. The number of H-pyrrole nitrogens is 1. The first kappa shape index (κ1) is 12.9. The molecule has 0 aliphatic carbocycles. The normalized spacial score (nSPS) is 10.2. The fourth-order valence-corrected chi connectivity index (χ4v) is 1.95. The molecule has 0 unspecified atom stereocenters. The minimum Gasteiger partial charge on any atom is -0.306 e. The molecule has 94 valence electrons. The van der Waals surface area contributed by atoms with Crippen LogP contribution in [0.15, 0.2) is 28.9 Å². The number of urea groups is 1. The van der Waals surface area contributed by atoms with Gasteiger partial charge in [0.2, 0.25) is 0 Å². The number of amides is 2. The highest BCUT2D eigenvalue weighted by atomic mass is 79.9. The zero-order valence-corrected chi connectivity index (χ0v) is 11.8. The van der Waals surface area contributed by atoms with Gasteiger partial charge in [0.05, 0.1) is 16.9 Å². The fraction of sp³-hybridized carbons (Fsp3) is 0.0909. The second kappa shape index (κ2) is 5.41. The molecule has 7 heteroatoms. The zero-order valence-electron chi connectivity index (χ0n) is 9.42. The highest BCUT2D eigenvalue weighted by Gasteiger charge is 2.08. The Hall–Kier alpha value is -1.53. The van der Waals surface area contributed by atoms with Gasteiger partial charge in [0.15, 0.2) is 0 Å². The Kier molecular flexibility index (Phi) is 3.88. The van der Waals surface area contributed by atoms with Gasteiger partial charge in [-0.15, -0.1) is 0 Å². The van der Waals surface area contributed by atoms with E-state index in [1.807, 2.05) is 6.92 Å². The molecule has 1 aromatic carbocycles. The van der Waals surface area contributed by atoms with Gasteiger partial charge in [0.1, 0.15) is 5.82 Å². The molecule has 0 fully saturated rings. The van der Waals surface area contributed by atoms with Crippen LogP contribution in [0.3, 0.4) is 0 Å². The van der Waals surface area contributed by atoms with Crippen molar-refractivity contribution in [2.24, 2.45) is 0 Å². The molecular weight excluding hydrogens is 320 g/mol. The van der Waals surface area contributed by atoms with Crippen LogP contribution in [-0.4, -0.2) is 16.2 Å². The average molecular weight is 330 g/mol. The Balaban J connectivity index is 2.09. The van der Waals surface area contributed by atoms with E-state index in [2.05, 4.69) is 36.8 Å². The van der Waals surface area contributed by atoms with Gasteiger partial charge >= 0.3 is 6.03 Å².